The largest absolute Gasteiger partial charge is 0.462 e. The van der Waals surface area contributed by atoms with E-state index in [1.54, 1.807) is 6.92 Å². The molecular weight excluding hydrogens is 609 g/mol. The van der Waals surface area contributed by atoms with E-state index in [0.717, 1.165) is 0 Å². The van der Waals surface area contributed by atoms with Crippen LogP contribution in [0.2, 0.25) is 0 Å². The number of hydrogen-bond donors (Lipinski definition) is 0. The molecule has 0 bridgehead atoms. The van der Waals surface area contributed by atoms with Gasteiger partial charge in [-0.05, 0) is 36.7 Å². The molecule has 2 fully saturated rings. The Hall–Kier alpha value is -1.69. The number of sulfone groups is 1. The molecule has 5 rings (SSSR count). The molecule has 1 aromatic heterocycles. The van der Waals surface area contributed by atoms with Crippen molar-refractivity contribution in [2.45, 2.75) is 67.1 Å². The third kappa shape index (κ3) is 6.33. The van der Waals surface area contributed by atoms with E-state index < -0.39 is 49.9 Å². The Labute approximate surface area is 243 Å². The van der Waals surface area contributed by atoms with Crippen LogP contribution in [-0.2, 0) is 44.5 Å². The summed E-state index contributed by atoms with van der Waals surface area (Å²) in [6.07, 6.45) is 1.81. The molecule has 1 aliphatic carbocycles. The van der Waals surface area contributed by atoms with Crippen LogP contribution in [0.25, 0.3) is 0 Å². The molecule has 16 heteroatoms. The van der Waals surface area contributed by atoms with Crippen LogP contribution < -0.4 is 0 Å². The summed E-state index contributed by atoms with van der Waals surface area (Å²) in [7, 11) is -5.69. The fraction of sp³-hybridized carbons (Fsp3) is 0.640. The van der Waals surface area contributed by atoms with E-state index in [9.17, 15) is 25.8 Å². The number of pyridine rings is 1. The van der Waals surface area contributed by atoms with Crippen LogP contribution in [0.5, 0.6) is 0 Å². The Morgan fingerprint density at radius 1 is 1.12 bits per heavy atom. The van der Waals surface area contributed by atoms with Gasteiger partial charge in [-0.3, -0.25) is 4.98 Å². The molecule has 4 aliphatic rings. The van der Waals surface area contributed by atoms with Crippen LogP contribution >= 0.6 is 11.8 Å². The van der Waals surface area contributed by atoms with Crippen LogP contribution in [0.15, 0.2) is 40.8 Å². The molecule has 0 aromatic carbocycles. The average molecular weight is 641 g/mol. The molecule has 0 amide bonds. The lowest BCUT2D eigenvalue weighted by molar-refractivity contribution is -0.190. The maximum absolute atomic E-state index is 13.9. The molecule has 0 radical (unpaired) electrons. The SMILES string of the molecule is CCS(=O)N1C2=C(C=CC(SC(F)(F)F)(C3OCCCO3)C2)OC1c1ncc(C2OCCCO2)cc1S(=O)(=O)CC. The average Bonchev–Trinajstić information content (AvgIpc) is 3.34. The summed E-state index contributed by atoms with van der Waals surface area (Å²) in [5.41, 5.74) is -4.05. The van der Waals surface area contributed by atoms with Gasteiger partial charge in [0, 0.05) is 23.9 Å². The fourth-order valence-corrected chi connectivity index (χ4v) is 8.14. The number of ether oxygens (including phenoxy) is 5. The Balaban J connectivity index is 1.55. The van der Waals surface area contributed by atoms with Gasteiger partial charge in [0.05, 0.1) is 47.5 Å². The van der Waals surface area contributed by atoms with Crippen LogP contribution in [-0.4, -0.2) is 76.4 Å². The van der Waals surface area contributed by atoms with E-state index in [1.165, 1.54) is 35.6 Å². The number of aromatic nitrogens is 1. The normalized spacial score (nSPS) is 27.1. The first-order valence-corrected chi connectivity index (χ1v) is 16.9. The Morgan fingerprint density at radius 3 is 2.39 bits per heavy atom. The molecule has 41 heavy (non-hydrogen) atoms. The molecule has 3 aliphatic heterocycles. The highest BCUT2D eigenvalue weighted by Gasteiger charge is 2.54. The lowest BCUT2D eigenvalue weighted by Crippen LogP contribution is -2.48. The number of halogens is 3. The first-order valence-electron chi connectivity index (χ1n) is 13.2. The van der Waals surface area contributed by atoms with Crippen LogP contribution in [0.4, 0.5) is 13.2 Å². The molecule has 228 valence electrons. The quantitative estimate of drug-likeness (QED) is 0.409. The van der Waals surface area contributed by atoms with Crippen molar-refractivity contribution >= 4 is 32.6 Å². The molecule has 2 saturated heterocycles. The summed E-state index contributed by atoms with van der Waals surface area (Å²) < 4.78 is 110. The summed E-state index contributed by atoms with van der Waals surface area (Å²) in [4.78, 5) is 4.28. The number of allylic oxidation sites excluding steroid dienone is 2. The zero-order chi connectivity index (χ0) is 29.4. The number of nitrogens with zero attached hydrogens (tertiary/aromatic N) is 2. The van der Waals surface area contributed by atoms with E-state index in [-0.39, 0.29) is 64.9 Å². The summed E-state index contributed by atoms with van der Waals surface area (Å²) >= 11 is -0.264. The Kier molecular flexibility index (Phi) is 9.10. The maximum atomic E-state index is 13.9. The second kappa shape index (κ2) is 12.1. The zero-order valence-electron chi connectivity index (χ0n) is 22.4. The van der Waals surface area contributed by atoms with E-state index >= 15 is 0 Å². The van der Waals surface area contributed by atoms with Crippen molar-refractivity contribution in [3.8, 4) is 0 Å². The third-order valence-electron chi connectivity index (χ3n) is 6.91. The van der Waals surface area contributed by atoms with E-state index in [1.807, 2.05) is 0 Å². The first-order chi connectivity index (χ1) is 19.5. The van der Waals surface area contributed by atoms with Crippen molar-refractivity contribution in [2.75, 3.05) is 37.9 Å². The second-order valence-corrected chi connectivity index (χ2v) is 14.9. The molecule has 0 saturated carbocycles. The van der Waals surface area contributed by atoms with Crippen LogP contribution in [0.1, 0.15) is 56.9 Å². The topological polar surface area (TPSA) is 113 Å². The van der Waals surface area contributed by atoms with Gasteiger partial charge in [-0.15, -0.1) is 0 Å². The van der Waals surface area contributed by atoms with E-state index in [0.29, 0.717) is 31.6 Å². The molecule has 0 spiro atoms. The van der Waals surface area contributed by atoms with Gasteiger partial charge in [0.1, 0.15) is 22.4 Å². The van der Waals surface area contributed by atoms with Gasteiger partial charge in [0.2, 0.25) is 6.23 Å². The van der Waals surface area contributed by atoms with Gasteiger partial charge in [-0.25, -0.2) is 16.9 Å². The monoisotopic (exact) mass is 640 g/mol. The standard InChI is InChI=1S/C25H31F3N2O8S3/c1-3-40(31)30-17-14-24(39-25(26,27)28,23-36-11-6-12-37-23)8-7-18(17)38-21(30)20-19(41(32,33)4-2)13-16(15-29-20)22-34-9-5-10-35-22/h7-8,13,15,21-23H,3-6,9-12,14H2,1-2H3. The van der Waals surface area contributed by atoms with Crippen LogP contribution in [0.3, 0.4) is 0 Å². The highest BCUT2D eigenvalue weighted by molar-refractivity contribution is 8.01. The van der Waals surface area contributed by atoms with Crippen molar-refractivity contribution in [2.24, 2.45) is 0 Å². The minimum atomic E-state index is -4.64. The van der Waals surface area contributed by atoms with Gasteiger partial charge in [-0.2, -0.15) is 13.2 Å². The molecule has 0 N–H and O–H groups in total. The van der Waals surface area contributed by atoms with E-state index in [2.05, 4.69) is 4.98 Å². The molecule has 4 heterocycles. The molecule has 10 nitrogen and oxygen atoms in total. The van der Waals surface area contributed by atoms with Crippen molar-refractivity contribution in [1.29, 1.82) is 0 Å². The Bertz CT molecular complexity index is 1330. The van der Waals surface area contributed by atoms with E-state index in [4.69, 9.17) is 23.7 Å². The predicted octanol–water partition coefficient (Wildman–Crippen LogP) is 4.25. The minimum Gasteiger partial charge on any atom is -0.462 e. The summed E-state index contributed by atoms with van der Waals surface area (Å²) in [5, 5.41) is 0. The van der Waals surface area contributed by atoms with Gasteiger partial charge in [0.15, 0.2) is 22.4 Å². The minimum absolute atomic E-state index is 0.0322. The zero-order valence-corrected chi connectivity index (χ0v) is 24.9. The lowest BCUT2D eigenvalue weighted by atomic mass is 9.95. The second-order valence-electron chi connectivity index (χ2n) is 9.64. The molecule has 3 atom stereocenters. The number of thioether (sulfide) groups is 1. The molecule has 1 aromatic rings. The first kappa shape index (κ1) is 30.8. The molecular formula is C25H31F3N2O8S3. The predicted molar refractivity (Wildman–Crippen MR) is 143 cm³/mol. The summed E-state index contributed by atoms with van der Waals surface area (Å²) in [6, 6.07) is 1.41. The number of rotatable bonds is 8. The van der Waals surface area contributed by atoms with Crippen molar-refractivity contribution < 1.29 is 49.5 Å². The lowest BCUT2D eigenvalue weighted by Gasteiger charge is -2.41. The van der Waals surface area contributed by atoms with Gasteiger partial charge >= 0.3 is 5.51 Å². The summed E-state index contributed by atoms with van der Waals surface area (Å²) in [5.74, 6) is 0.0136. The highest BCUT2D eigenvalue weighted by atomic mass is 32.2. The number of hydrogen-bond acceptors (Lipinski definition) is 10. The maximum Gasteiger partial charge on any atom is 0.442 e. The van der Waals surface area contributed by atoms with Gasteiger partial charge < -0.3 is 23.7 Å². The fourth-order valence-electron chi connectivity index (χ4n) is 4.99. The third-order valence-corrected chi connectivity index (χ3v) is 11.1. The van der Waals surface area contributed by atoms with Crippen molar-refractivity contribution in [3.63, 3.8) is 0 Å². The smallest absolute Gasteiger partial charge is 0.442 e. The highest BCUT2D eigenvalue weighted by Crippen LogP contribution is 2.54. The Morgan fingerprint density at radius 2 is 1.78 bits per heavy atom. The van der Waals surface area contributed by atoms with Crippen molar-refractivity contribution in [1.82, 2.24) is 9.29 Å². The number of alkyl halides is 3. The van der Waals surface area contributed by atoms with Gasteiger partial charge in [0.25, 0.3) is 0 Å². The molecule has 3 unspecified atom stereocenters. The van der Waals surface area contributed by atoms with Gasteiger partial charge in [-0.1, -0.05) is 19.9 Å². The summed E-state index contributed by atoms with van der Waals surface area (Å²) in [6.45, 7) is 4.47. The van der Waals surface area contributed by atoms with Crippen molar-refractivity contribution in [3.05, 3.63) is 47.1 Å². The van der Waals surface area contributed by atoms with Crippen LogP contribution in [0, 0.1) is 0 Å².